The maximum Gasteiger partial charge on any atom is 0.270 e. The summed E-state index contributed by atoms with van der Waals surface area (Å²) in [6.07, 6.45) is 4.66. The van der Waals surface area contributed by atoms with Crippen LogP contribution in [0.3, 0.4) is 0 Å². The minimum atomic E-state index is -2.80. The third-order valence-corrected chi connectivity index (χ3v) is 10.5. The van der Waals surface area contributed by atoms with Gasteiger partial charge in [-0.2, -0.15) is 0 Å². The van der Waals surface area contributed by atoms with Crippen molar-refractivity contribution in [3.05, 3.63) is 81.4 Å². The minimum absolute atomic E-state index is 0.0649. The number of nitrogens with zero attached hydrogens (tertiary/aromatic N) is 3. The van der Waals surface area contributed by atoms with Gasteiger partial charge in [-0.05, 0) is 63.1 Å². The van der Waals surface area contributed by atoms with E-state index in [1.54, 1.807) is 11.8 Å². The number of allylic oxidation sites excluding steroid dienone is 1. The Hall–Kier alpha value is -2.42. The number of amides is 1. The number of piperidine rings is 1. The summed E-state index contributed by atoms with van der Waals surface area (Å²) in [6, 6.07) is 17.0. The Morgan fingerprint density at radius 1 is 1.00 bits per heavy atom. The van der Waals surface area contributed by atoms with Crippen LogP contribution in [0.4, 0.5) is 8.78 Å². The number of halogens is 2. The molecule has 0 N–H and O–H groups in total. The molecule has 43 heavy (non-hydrogen) atoms. The summed E-state index contributed by atoms with van der Waals surface area (Å²) in [5.74, 6) is -0.794. The number of ether oxygens (including phenoxy) is 1. The van der Waals surface area contributed by atoms with E-state index in [1.807, 2.05) is 24.0 Å². The highest BCUT2D eigenvalue weighted by atomic mass is 32.2. The fourth-order valence-electron chi connectivity index (χ4n) is 6.82. The van der Waals surface area contributed by atoms with Gasteiger partial charge in [0.1, 0.15) is 10.7 Å². The van der Waals surface area contributed by atoms with E-state index in [0.717, 1.165) is 93.7 Å². The highest BCUT2D eigenvalue weighted by Gasteiger charge is 2.35. The van der Waals surface area contributed by atoms with Gasteiger partial charge in [-0.3, -0.25) is 14.6 Å². The second-order valence-electron chi connectivity index (χ2n) is 12.4. The summed E-state index contributed by atoms with van der Waals surface area (Å²) >= 11 is 1.65. The number of thioether (sulfide) groups is 1. The second kappa shape index (κ2) is 14.1. The minimum Gasteiger partial charge on any atom is -0.497 e. The number of hydrogen-bond acceptors (Lipinski definition) is 5. The van der Waals surface area contributed by atoms with Crippen LogP contribution >= 0.6 is 11.8 Å². The van der Waals surface area contributed by atoms with Crippen molar-refractivity contribution in [2.24, 2.45) is 0 Å². The van der Waals surface area contributed by atoms with E-state index in [2.05, 4.69) is 47.9 Å². The molecule has 0 spiro atoms. The fourth-order valence-corrected chi connectivity index (χ4v) is 7.89. The van der Waals surface area contributed by atoms with Crippen LogP contribution in [-0.4, -0.2) is 77.8 Å². The van der Waals surface area contributed by atoms with Crippen molar-refractivity contribution in [3.8, 4) is 0 Å². The zero-order valence-electron chi connectivity index (χ0n) is 26.2. The Balaban J connectivity index is 1.08. The molecule has 2 aromatic rings. The number of aryl methyl sites for hydroxylation is 2. The van der Waals surface area contributed by atoms with E-state index in [-0.39, 0.29) is 11.5 Å². The average Bonchev–Trinajstić information content (AvgIpc) is 3.48. The van der Waals surface area contributed by atoms with E-state index in [4.69, 9.17) is 4.74 Å². The molecule has 3 heterocycles. The molecule has 2 atom stereocenters. The Bertz CT molecular complexity index is 1250. The molecular weight excluding hydrogens is 564 g/mol. The third-order valence-electron chi connectivity index (χ3n) is 9.44. The summed E-state index contributed by atoms with van der Waals surface area (Å²) in [7, 11) is 0. The molecule has 5 nitrogen and oxygen atoms in total. The molecule has 0 aliphatic carbocycles. The van der Waals surface area contributed by atoms with Crippen molar-refractivity contribution >= 4 is 17.7 Å². The van der Waals surface area contributed by atoms with Crippen LogP contribution in [0.5, 0.6) is 0 Å². The Morgan fingerprint density at radius 3 is 2.21 bits per heavy atom. The van der Waals surface area contributed by atoms with Gasteiger partial charge >= 0.3 is 0 Å². The van der Waals surface area contributed by atoms with Crippen LogP contribution in [0.15, 0.2) is 59.2 Å². The van der Waals surface area contributed by atoms with Crippen LogP contribution in [-0.2, 0) is 28.3 Å². The van der Waals surface area contributed by atoms with Crippen molar-refractivity contribution in [2.45, 2.75) is 83.8 Å². The lowest BCUT2D eigenvalue weighted by Gasteiger charge is -2.47. The predicted molar refractivity (Wildman–Crippen MR) is 171 cm³/mol. The molecule has 2 aromatic carbocycles. The van der Waals surface area contributed by atoms with Crippen molar-refractivity contribution in [2.75, 3.05) is 45.1 Å². The monoisotopic (exact) mass is 611 g/mol. The molecule has 0 aromatic heterocycles. The number of carbonyl (C=O) groups is 1. The van der Waals surface area contributed by atoms with Gasteiger partial charge in [0.2, 0.25) is 0 Å². The van der Waals surface area contributed by atoms with Gasteiger partial charge in [0.15, 0.2) is 0 Å². The lowest BCUT2D eigenvalue weighted by molar-refractivity contribution is -0.128. The van der Waals surface area contributed by atoms with Crippen LogP contribution in [0, 0.1) is 0 Å². The topological polar surface area (TPSA) is 36.0 Å². The van der Waals surface area contributed by atoms with Crippen molar-refractivity contribution < 1.29 is 18.3 Å². The zero-order valence-corrected chi connectivity index (χ0v) is 27.0. The van der Waals surface area contributed by atoms with Crippen molar-refractivity contribution in [3.63, 3.8) is 0 Å². The highest BCUT2D eigenvalue weighted by molar-refractivity contribution is 8.04. The molecule has 5 rings (SSSR count). The molecule has 3 aliphatic heterocycles. The number of alkyl halides is 2. The first-order chi connectivity index (χ1) is 20.6. The van der Waals surface area contributed by atoms with E-state index in [1.165, 1.54) is 23.3 Å². The van der Waals surface area contributed by atoms with E-state index >= 15 is 0 Å². The molecule has 0 bridgehead atoms. The first-order valence-corrected chi connectivity index (χ1v) is 17.0. The third kappa shape index (κ3) is 7.81. The first kappa shape index (κ1) is 32.0. The van der Waals surface area contributed by atoms with Gasteiger partial charge in [0.05, 0.1) is 6.61 Å². The molecule has 8 heteroatoms. The molecule has 234 valence electrons. The zero-order chi connectivity index (χ0) is 30.6. The predicted octanol–water partition coefficient (Wildman–Crippen LogP) is 7.03. The van der Waals surface area contributed by atoms with Gasteiger partial charge < -0.3 is 9.64 Å². The Labute approximate surface area is 260 Å². The summed E-state index contributed by atoms with van der Waals surface area (Å²) < 4.78 is 32.7. The normalized spacial score (nSPS) is 21.8. The van der Waals surface area contributed by atoms with Crippen LogP contribution in [0.2, 0.25) is 0 Å². The Kier molecular flexibility index (Phi) is 10.5. The van der Waals surface area contributed by atoms with E-state index < -0.39 is 5.92 Å². The number of hydrogen-bond donors (Lipinski definition) is 0. The number of carbonyl (C=O) groups excluding carboxylic acids is 1. The molecule has 0 saturated carbocycles. The van der Waals surface area contributed by atoms with E-state index in [9.17, 15) is 13.6 Å². The van der Waals surface area contributed by atoms with Crippen molar-refractivity contribution in [1.82, 2.24) is 14.7 Å². The van der Waals surface area contributed by atoms with Gasteiger partial charge in [-0.25, -0.2) is 8.78 Å². The smallest absolute Gasteiger partial charge is 0.270 e. The second-order valence-corrected chi connectivity index (χ2v) is 13.5. The maximum absolute atomic E-state index is 13.5. The summed E-state index contributed by atoms with van der Waals surface area (Å²) in [5, 5.41) is 0. The Morgan fingerprint density at radius 2 is 1.63 bits per heavy atom. The molecule has 2 saturated heterocycles. The van der Waals surface area contributed by atoms with Gasteiger partial charge in [-0.15, -0.1) is 11.8 Å². The number of benzene rings is 2. The molecule has 1 amide bonds. The SMILES string of the molecule is CCOC1=C(C(=O)N2CCC(N3CCN([C@@H](C)c4ccc(CCc5ccc(C(C)(F)F)cc5)cc4)[C@H](C)C3)CC2)SCC1. The number of likely N-dealkylation sites (tertiary alicyclic amines) is 1. The van der Waals surface area contributed by atoms with Gasteiger partial charge in [0, 0.05) is 75.5 Å². The average molecular weight is 612 g/mol. The molecule has 0 radical (unpaired) electrons. The lowest BCUT2D eigenvalue weighted by atomic mass is 9.97. The quantitative estimate of drug-likeness (QED) is 0.289. The fraction of sp³-hybridized carbons (Fsp3) is 0.571. The molecule has 3 aliphatic rings. The largest absolute Gasteiger partial charge is 0.497 e. The van der Waals surface area contributed by atoms with Gasteiger partial charge in [0.25, 0.3) is 11.8 Å². The molecule has 2 fully saturated rings. The molecular formula is C35H47F2N3O2S. The lowest BCUT2D eigenvalue weighted by Crippen LogP contribution is -2.57. The van der Waals surface area contributed by atoms with Crippen LogP contribution < -0.4 is 0 Å². The van der Waals surface area contributed by atoms with Crippen molar-refractivity contribution in [1.29, 1.82) is 0 Å². The number of piperazine rings is 1. The first-order valence-electron chi connectivity index (χ1n) is 16.0. The summed E-state index contributed by atoms with van der Waals surface area (Å²) in [4.78, 5) is 21.3. The number of rotatable bonds is 10. The summed E-state index contributed by atoms with van der Waals surface area (Å²) in [6.45, 7) is 13.0. The standard InChI is InChI=1S/C35H47F2N3O2S/c1-5-42-32-18-23-43-33(32)34(41)38-19-16-31(17-20-38)39-21-22-40(25(2)24-39)26(3)29-12-8-27(9-13-29)6-7-28-10-14-30(15-11-28)35(4,36)37/h8-15,25-26,31H,5-7,16-24H2,1-4H3/t25-,26+/m1/s1. The summed E-state index contributed by atoms with van der Waals surface area (Å²) in [5.41, 5.74) is 3.74. The maximum atomic E-state index is 13.5. The van der Waals surface area contributed by atoms with Crippen LogP contribution in [0.1, 0.15) is 75.3 Å². The highest BCUT2D eigenvalue weighted by Crippen LogP contribution is 2.35. The van der Waals surface area contributed by atoms with E-state index in [0.29, 0.717) is 24.7 Å². The molecule has 0 unspecified atom stereocenters. The van der Waals surface area contributed by atoms with Gasteiger partial charge in [-0.1, -0.05) is 48.5 Å². The van der Waals surface area contributed by atoms with Crippen LogP contribution in [0.25, 0.3) is 0 Å².